The fourth-order valence-corrected chi connectivity index (χ4v) is 3.23. The monoisotopic (exact) mass is 298 g/mol. The van der Waals surface area contributed by atoms with E-state index < -0.39 is 10.0 Å². The van der Waals surface area contributed by atoms with Gasteiger partial charge in [0, 0.05) is 38.9 Å². The first-order valence-corrected chi connectivity index (χ1v) is 8.43. The van der Waals surface area contributed by atoms with Gasteiger partial charge in [-0.1, -0.05) is 0 Å². The quantitative estimate of drug-likeness (QED) is 0.851. The number of aryl methyl sites for hydroxylation is 1. The van der Waals surface area contributed by atoms with E-state index >= 15 is 0 Å². The predicted molar refractivity (Wildman–Crippen MR) is 80.3 cm³/mol. The summed E-state index contributed by atoms with van der Waals surface area (Å²) in [5.74, 6) is 0.116. The molecule has 2 heterocycles. The third-order valence-electron chi connectivity index (χ3n) is 3.42. The molecular formula is C13H22N4O2S. The number of likely N-dealkylation sites (N-methyl/N-ethyl adjacent to an activating group) is 1. The highest BCUT2D eigenvalue weighted by Gasteiger charge is 2.17. The number of rotatable bonds is 5. The summed E-state index contributed by atoms with van der Waals surface area (Å²) in [6.07, 6.45) is 3.22. The molecule has 1 fully saturated rings. The Morgan fingerprint density at radius 1 is 1.25 bits per heavy atom. The second kappa shape index (κ2) is 6.51. The van der Waals surface area contributed by atoms with Crippen molar-refractivity contribution in [1.29, 1.82) is 0 Å². The molecular weight excluding hydrogens is 276 g/mol. The molecule has 1 N–H and O–H groups in total. The lowest BCUT2D eigenvalue weighted by atomic mass is 10.3. The Morgan fingerprint density at radius 2 is 1.95 bits per heavy atom. The summed E-state index contributed by atoms with van der Waals surface area (Å²) in [6.45, 7) is 6.30. The molecule has 0 spiro atoms. The third-order valence-corrected chi connectivity index (χ3v) is 4.69. The summed E-state index contributed by atoms with van der Waals surface area (Å²) < 4.78 is 26.7. The van der Waals surface area contributed by atoms with Crippen molar-refractivity contribution in [1.82, 2.24) is 14.8 Å². The van der Waals surface area contributed by atoms with Gasteiger partial charge in [-0.2, -0.15) is 0 Å². The average molecular weight is 298 g/mol. The lowest BCUT2D eigenvalue weighted by Crippen LogP contribution is -2.46. The number of nitrogens with one attached hydrogen (secondary N) is 1. The van der Waals surface area contributed by atoms with Crippen molar-refractivity contribution in [3.8, 4) is 0 Å². The Kier molecular flexibility index (Phi) is 4.95. The van der Waals surface area contributed by atoms with Crippen molar-refractivity contribution in [3.05, 3.63) is 24.0 Å². The minimum atomic E-state index is -3.31. The summed E-state index contributed by atoms with van der Waals surface area (Å²) in [7, 11) is -1.23. The topological polar surface area (TPSA) is 65.5 Å². The van der Waals surface area contributed by atoms with Crippen LogP contribution in [0.4, 0.5) is 5.69 Å². The number of pyridine rings is 1. The Morgan fingerprint density at radius 3 is 2.60 bits per heavy atom. The third kappa shape index (κ3) is 4.73. The van der Waals surface area contributed by atoms with Crippen LogP contribution in [0.5, 0.6) is 0 Å². The van der Waals surface area contributed by atoms with Gasteiger partial charge in [-0.3, -0.25) is 14.6 Å². The number of nitrogens with zero attached hydrogens (tertiary/aromatic N) is 3. The fourth-order valence-electron chi connectivity index (χ4n) is 2.16. The molecule has 1 aromatic heterocycles. The van der Waals surface area contributed by atoms with Crippen molar-refractivity contribution in [2.24, 2.45) is 0 Å². The number of sulfonamides is 1. The molecule has 0 atom stereocenters. The molecule has 20 heavy (non-hydrogen) atoms. The zero-order valence-electron chi connectivity index (χ0n) is 12.0. The summed E-state index contributed by atoms with van der Waals surface area (Å²) in [4.78, 5) is 8.42. The van der Waals surface area contributed by atoms with Crippen LogP contribution in [0.1, 0.15) is 5.56 Å². The Hall–Kier alpha value is -1.18. The SMILES string of the molecule is Cc1cncc(NS(=O)(=O)CCN2CCN(C)CC2)c1. The van der Waals surface area contributed by atoms with Crippen molar-refractivity contribution >= 4 is 15.7 Å². The molecule has 1 aliphatic heterocycles. The molecule has 1 aromatic rings. The van der Waals surface area contributed by atoms with Gasteiger partial charge in [0.1, 0.15) is 0 Å². The molecule has 0 saturated carbocycles. The number of aromatic nitrogens is 1. The van der Waals surface area contributed by atoms with E-state index in [4.69, 9.17) is 0 Å². The zero-order valence-corrected chi connectivity index (χ0v) is 12.9. The number of piperazine rings is 1. The number of hydrogen-bond donors (Lipinski definition) is 1. The predicted octanol–water partition coefficient (Wildman–Crippen LogP) is 0.379. The Bertz CT molecular complexity index is 539. The van der Waals surface area contributed by atoms with Crippen LogP contribution in [0.25, 0.3) is 0 Å². The van der Waals surface area contributed by atoms with E-state index in [0.29, 0.717) is 12.2 Å². The highest BCUT2D eigenvalue weighted by Crippen LogP contribution is 2.10. The summed E-state index contributed by atoms with van der Waals surface area (Å²) in [5, 5.41) is 0. The van der Waals surface area contributed by atoms with Crippen molar-refractivity contribution in [3.63, 3.8) is 0 Å². The summed E-state index contributed by atoms with van der Waals surface area (Å²) in [6, 6.07) is 1.78. The van der Waals surface area contributed by atoms with Gasteiger partial charge in [-0.15, -0.1) is 0 Å². The summed E-state index contributed by atoms with van der Waals surface area (Å²) >= 11 is 0. The van der Waals surface area contributed by atoms with Gasteiger partial charge in [-0.05, 0) is 25.6 Å². The maximum atomic E-state index is 12.0. The van der Waals surface area contributed by atoms with Crippen LogP contribution in [-0.4, -0.2) is 68.7 Å². The number of hydrogen-bond acceptors (Lipinski definition) is 5. The fraction of sp³-hybridized carbons (Fsp3) is 0.615. The molecule has 0 radical (unpaired) electrons. The molecule has 0 aliphatic carbocycles. The van der Waals surface area contributed by atoms with Crippen LogP contribution in [-0.2, 0) is 10.0 Å². The molecule has 1 aliphatic rings. The van der Waals surface area contributed by atoms with Gasteiger partial charge < -0.3 is 4.90 Å². The lowest BCUT2D eigenvalue weighted by molar-refractivity contribution is 0.161. The Labute approximate surface area is 120 Å². The minimum Gasteiger partial charge on any atom is -0.304 e. The first-order valence-electron chi connectivity index (χ1n) is 6.78. The van der Waals surface area contributed by atoms with E-state index in [1.165, 1.54) is 6.20 Å². The van der Waals surface area contributed by atoms with Crippen molar-refractivity contribution in [2.45, 2.75) is 6.92 Å². The molecule has 6 nitrogen and oxygen atoms in total. The van der Waals surface area contributed by atoms with Gasteiger partial charge in [0.25, 0.3) is 0 Å². The largest absolute Gasteiger partial charge is 0.304 e. The molecule has 2 rings (SSSR count). The highest BCUT2D eigenvalue weighted by atomic mass is 32.2. The highest BCUT2D eigenvalue weighted by molar-refractivity contribution is 7.92. The average Bonchev–Trinajstić information content (AvgIpc) is 2.37. The molecule has 1 saturated heterocycles. The van der Waals surface area contributed by atoms with Crippen LogP contribution in [0.3, 0.4) is 0 Å². The van der Waals surface area contributed by atoms with Crippen molar-refractivity contribution < 1.29 is 8.42 Å². The van der Waals surface area contributed by atoms with E-state index in [-0.39, 0.29) is 5.75 Å². The lowest BCUT2D eigenvalue weighted by Gasteiger charge is -2.32. The molecule has 112 valence electrons. The maximum Gasteiger partial charge on any atom is 0.234 e. The maximum absolute atomic E-state index is 12.0. The molecule has 7 heteroatoms. The zero-order chi connectivity index (χ0) is 14.6. The molecule has 0 amide bonds. The van der Waals surface area contributed by atoms with Gasteiger partial charge in [-0.25, -0.2) is 8.42 Å². The molecule has 0 unspecified atom stereocenters. The van der Waals surface area contributed by atoms with E-state index in [9.17, 15) is 8.42 Å². The van der Waals surface area contributed by atoms with E-state index in [2.05, 4.69) is 26.6 Å². The van der Waals surface area contributed by atoms with Gasteiger partial charge in [0.05, 0.1) is 17.6 Å². The number of anilines is 1. The normalized spacial score (nSPS) is 18.1. The van der Waals surface area contributed by atoms with E-state index in [1.54, 1.807) is 12.3 Å². The smallest absolute Gasteiger partial charge is 0.234 e. The van der Waals surface area contributed by atoms with Gasteiger partial charge >= 0.3 is 0 Å². The summed E-state index contributed by atoms with van der Waals surface area (Å²) in [5.41, 5.74) is 1.47. The second-order valence-electron chi connectivity index (χ2n) is 5.32. The van der Waals surface area contributed by atoms with Crippen LogP contribution in [0.15, 0.2) is 18.5 Å². The van der Waals surface area contributed by atoms with Crippen LogP contribution in [0, 0.1) is 6.92 Å². The van der Waals surface area contributed by atoms with E-state index in [0.717, 1.165) is 31.7 Å². The second-order valence-corrected chi connectivity index (χ2v) is 7.16. The van der Waals surface area contributed by atoms with Gasteiger partial charge in [0.15, 0.2) is 0 Å². The minimum absolute atomic E-state index is 0.116. The Balaban J connectivity index is 1.85. The van der Waals surface area contributed by atoms with Crippen LogP contribution in [0.2, 0.25) is 0 Å². The molecule has 0 bridgehead atoms. The molecule has 0 aromatic carbocycles. The van der Waals surface area contributed by atoms with Crippen LogP contribution < -0.4 is 4.72 Å². The first-order chi connectivity index (χ1) is 9.44. The van der Waals surface area contributed by atoms with Crippen molar-refractivity contribution in [2.75, 3.05) is 50.2 Å². The first kappa shape index (κ1) is 15.2. The standard InChI is InChI=1S/C13H22N4O2S/c1-12-9-13(11-14-10-12)15-20(18,19)8-7-17-5-3-16(2)4-6-17/h9-11,15H,3-8H2,1-2H3. The van der Waals surface area contributed by atoms with Crippen LogP contribution >= 0.6 is 0 Å². The van der Waals surface area contributed by atoms with E-state index in [1.807, 2.05) is 6.92 Å². The van der Waals surface area contributed by atoms with Gasteiger partial charge in [0.2, 0.25) is 10.0 Å².